The molecule has 0 radical (unpaired) electrons. The van der Waals surface area contributed by atoms with Gasteiger partial charge < -0.3 is 5.32 Å². The van der Waals surface area contributed by atoms with E-state index in [1.54, 1.807) is 6.20 Å². The van der Waals surface area contributed by atoms with E-state index in [1.165, 1.54) is 6.20 Å². The van der Waals surface area contributed by atoms with E-state index in [0.29, 0.717) is 11.5 Å². The second-order valence-electron chi connectivity index (χ2n) is 4.12. The van der Waals surface area contributed by atoms with Gasteiger partial charge in [-0.15, -0.1) is 0 Å². The molecule has 0 saturated heterocycles. The molecule has 0 unspecified atom stereocenters. The van der Waals surface area contributed by atoms with Gasteiger partial charge in [0, 0.05) is 17.9 Å². The highest BCUT2D eigenvalue weighted by molar-refractivity contribution is 5.48. The average Bonchev–Trinajstić information content (AvgIpc) is 2.17. The molecule has 0 saturated carbocycles. The minimum Gasteiger partial charge on any atom is -0.363 e. The first kappa shape index (κ1) is 11.4. The van der Waals surface area contributed by atoms with Crippen LogP contribution in [0.3, 0.4) is 0 Å². The van der Waals surface area contributed by atoms with Crippen LogP contribution in [-0.2, 0) is 0 Å². The zero-order valence-corrected chi connectivity index (χ0v) is 9.41. The topological polar surface area (TPSA) is 61.6 Å². The summed E-state index contributed by atoms with van der Waals surface area (Å²) in [5.74, 6) is 0.568. The van der Waals surface area contributed by atoms with Crippen molar-refractivity contribution in [3.05, 3.63) is 18.1 Å². The van der Waals surface area contributed by atoms with Gasteiger partial charge in [-0.3, -0.25) is 0 Å². The van der Waals surface area contributed by atoms with Crippen LogP contribution in [-0.4, -0.2) is 15.5 Å². The molecule has 1 aromatic rings. The number of anilines is 1. The van der Waals surface area contributed by atoms with Gasteiger partial charge in [0.25, 0.3) is 0 Å². The summed E-state index contributed by atoms with van der Waals surface area (Å²) in [6.45, 7) is 6.31. The van der Waals surface area contributed by atoms with Crippen molar-refractivity contribution in [1.82, 2.24) is 9.97 Å². The Labute approximate surface area is 90.4 Å². The summed E-state index contributed by atoms with van der Waals surface area (Å²) >= 11 is 0. The third-order valence-corrected chi connectivity index (χ3v) is 2.14. The lowest BCUT2D eigenvalue weighted by Crippen LogP contribution is -2.31. The fourth-order valence-electron chi connectivity index (χ4n) is 1.52. The van der Waals surface area contributed by atoms with E-state index in [2.05, 4.69) is 36.1 Å². The highest BCUT2D eigenvalue weighted by Crippen LogP contribution is 2.19. The van der Waals surface area contributed by atoms with E-state index < -0.39 is 0 Å². The monoisotopic (exact) mass is 204 g/mol. The van der Waals surface area contributed by atoms with Crippen molar-refractivity contribution in [2.45, 2.75) is 39.2 Å². The first-order valence-electron chi connectivity index (χ1n) is 5.08. The molecular weight excluding hydrogens is 188 g/mol. The number of nitriles is 1. The Hall–Kier alpha value is -1.63. The van der Waals surface area contributed by atoms with E-state index in [-0.39, 0.29) is 5.54 Å². The number of rotatable bonds is 4. The normalized spacial score (nSPS) is 10.8. The van der Waals surface area contributed by atoms with Gasteiger partial charge in [-0.05, 0) is 20.3 Å². The molecular formula is C11H16N4. The molecule has 0 aliphatic rings. The summed E-state index contributed by atoms with van der Waals surface area (Å²) in [5, 5.41) is 12.1. The van der Waals surface area contributed by atoms with E-state index in [1.807, 2.05) is 6.07 Å². The quantitative estimate of drug-likeness (QED) is 0.817. The molecule has 1 N–H and O–H groups in total. The molecule has 0 spiro atoms. The molecule has 0 aliphatic carbocycles. The number of aromatic nitrogens is 2. The smallest absolute Gasteiger partial charge is 0.182 e. The molecule has 0 amide bonds. The Morgan fingerprint density at radius 3 is 2.67 bits per heavy atom. The molecule has 0 atom stereocenters. The maximum absolute atomic E-state index is 8.85. The third kappa shape index (κ3) is 3.21. The molecule has 0 aliphatic heterocycles. The molecule has 0 fully saturated rings. The summed E-state index contributed by atoms with van der Waals surface area (Å²) in [7, 11) is 0. The Morgan fingerprint density at radius 2 is 2.07 bits per heavy atom. The van der Waals surface area contributed by atoms with E-state index in [9.17, 15) is 0 Å². The van der Waals surface area contributed by atoms with Gasteiger partial charge in [0.05, 0.1) is 0 Å². The van der Waals surface area contributed by atoms with Gasteiger partial charge in [-0.2, -0.15) is 5.26 Å². The van der Waals surface area contributed by atoms with Crippen molar-refractivity contribution < 1.29 is 0 Å². The van der Waals surface area contributed by atoms with Crippen LogP contribution in [0.2, 0.25) is 0 Å². The standard InChI is InChI=1S/C11H16N4/c1-4-5-11(2,3)15-10-9(8-12)13-6-7-14-10/h6-7H,4-5H2,1-3H3,(H,14,15). The van der Waals surface area contributed by atoms with Crippen LogP contribution < -0.4 is 5.32 Å². The van der Waals surface area contributed by atoms with Crippen molar-refractivity contribution in [1.29, 1.82) is 5.26 Å². The maximum atomic E-state index is 8.85. The summed E-state index contributed by atoms with van der Waals surface area (Å²) in [5.41, 5.74) is 0.290. The number of nitrogens with zero attached hydrogens (tertiary/aromatic N) is 3. The fourth-order valence-corrected chi connectivity index (χ4v) is 1.52. The molecule has 15 heavy (non-hydrogen) atoms. The first-order valence-corrected chi connectivity index (χ1v) is 5.08. The maximum Gasteiger partial charge on any atom is 0.182 e. The summed E-state index contributed by atoms with van der Waals surface area (Å²) in [6.07, 6.45) is 5.22. The molecule has 80 valence electrons. The zero-order chi connectivity index (χ0) is 11.3. The minimum atomic E-state index is -0.0591. The third-order valence-electron chi connectivity index (χ3n) is 2.14. The summed E-state index contributed by atoms with van der Waals surface area (Å²) in [6, 6.07) is 2.02. The van der Waals surface area contributed by atoms with Crippen LogP contribution in [0.15, 0.2) is 12.4 Å². The van der Waals surface area contributed by atoms with E-state index in [4.69, 9.17) is 5.26 Å². The second kappa shape index (κ2) is 4.74. The van der Waals surface area contributed by atoms with Gasteiger partial charge in [-0.25, -0.2) is 9.97 Å². The van der Waals surface area contributed by atoms with Crippen LogP contribution >= 0.6 is 0 Å². The lowest BCUT2D eigenvalue weighted by Gasteiger charge is -2.26. The van der Waals surface area contributed by atoms with Crippen LogP contribution in [0.25, 0.3) is 0 Å². The second-order valence-corrected chi connectivity index (χ2v) is 4.12. The van der Waals surface area contributed by atoms with Crippen LogP contribution in [0.1, 0.15) is 39.3 Å². The van der Waals surface area contributed by atoms with Crippen molar-refractivity contribution in [2.75, 3.05) is 5.32 Å². The SMILES string of the molecule is CCCC(C)(C)Nc1nccnc1C#N. The van der Waals surface area contributed by atoms with Crippen LogP contribution in [0.4, 0.5) is 5.82 Å². The highest BCUT2D eigenvalue weighted by atomic mass is 15.1. The fraction of sp³-hybridized carbons (Fsp3) is 0.545. The van der Waals surface area contributed by atoms with Gasteiger partial charge in [0.1, 0.15) is 6.07 Å². The van der Waals surface area contributed by atoms with Gasteiger partial charge in [0.2, 0.25) is 0 Å². The van der Waals surface area contributed by atoms with Crippen molar-refractivity contribution in [3.63, 3.8) is 0 Å². The zero-order valence-electron chi connectivity index (χ0n) is 9.41. The van der Waals surface area contributed by atoms with E-state index in [0.717, 1.165) is 12.8 Å². The molecule has 0 aromatic carbocycles. The van der Waals surface area contributed by atoms with Crippen LogP contribution in [0.5, 0.6) is 0 Å². The van der Waals surface area contributed by atoms with Crippen LogP contribution in [0, 0.1) is 11.3 Å². The Morgan fingerprint density at radius 1 is 1.40 bits per heavy atom. The molecule has 1 aromatic heterocycles. The van der Waals surface area contributed by atoms with Gasteiger partial charge in [-0.1, -0.05) is 13.3 Å². The average molecular weight is 204 g/mol. The first-order chi connectivity index (χ1) is 7.09. The molecule has 1 rings (SSSR count). The summed E-state index contributed by atoms with van der Waals surface area (Å²) < 4.78 is 0. The lowest BCUT2D eigenvalue weighted by molar-refractivity contribution is 0.508. The van der Waals surface area contributed by atoms with Crippen molar-refractivity contribution in [2.24, 2.45) is 0 Å². The molecule has 0 bridgehead atoms. The number of nitrogens with one attached hydrogen (secondary N) is 1. The Balaban J connectivity index is 2.85. The Bertz CT molecular complexity index is 365. The predicted molar refractivity (Wildman–Crippen MR) is 59.4 cm³/mol. The number of hydrogen-bond acceptors (Lipinski definition) is 4. The number of hydrogen-bond donors (Lipinski definition) is 1. The van der Waals surface area contributed by atoms with Crippen molar-refractivity contribution >= 4 is 5.82 Å². The molecule has 4 nitrogen and oxygen atoms in total. The minimum absolute atomic E-state index is 0.0591. The highest BCUT2D eigenvalue weighted by Gasteiger charge is 2.18. The Kier molecular flexibility index (Phi) is 3.62. The predicted octanol–water partition coefficient (Wildman–Crippen LogP) is 2.34. The molecule has 1 heterocycles. The molecule has 4 heteroatoms. The lowest BCUT2D eigenvalue weighted by atomic mass is 9.99. The van der Waals surface area contributed by atoms with E-state index >= 15 is 0 Å². The summed E-state index contributed by atoms with van der Waals surface area (Å²) in [4.78, 5) is 8.08. The van der Waals surface area contributed by atoms with Gasteiger partial charge in [0.15, 0.2) is 11.5 Å². The van der Waals surface area contributed by atoms with Gasteiger partial charge >= 0.3 is 0 Å². The largest absolute Gasteiger partial charge is 0.363 e. The van der Waals surface area contributed by atoms with Crippen molar-refractivity contribution in [3.8, 4) is 6.07 Å².